The van der Waals surface area contributed by atoms with Gasteiger partial charge in [-0.3, -0.25) is 0 Å². The van der Waals surface area contributed by atoms with Crippen LogP contribution < -0.4 is 5.32 Å². The van der Waals surface area contributed by atoms with Crippen LogP contribution in [0.4, 0.5) is 0 Å². The molecule has 0 aromatic carbocycles. The molecule has 0 radical (unpaired) electrons. The molecule has 0 aliphatic carbocycles. The molecule has 1 N–H and O–H groups in total. The Hall–Kier alpha value is -0.910. The van der Waals surface area contributed by atoms with Crippen LogP contribution in [0.15, 0.2) is 12.4 Å². The third-order valence-corrected chi connectivity index (χ3v) is 3.32. The minimum absolute atomic E-state index is 0.109. The molecule has 5 heteroatoms. The topological polar surface area (TPSA) is 42.3 Å². The molecule has 1 saturated heterocycles. The summed E-state index contributed by atoms with van der Waals surface area (Å²) in [6.45, 7) is 11.0. The van der Waals surface area contributed by atoms with Crippen molar-refractivity contribution in [3.05, 3.63) is 18.2 Å². The summed E-state index contributed by atoms with van der Waals surface area (Å²) in [6.07, 6.45) is 4.17. The summed E-state index contributed by atoms with van der Waals surface area (Å²) < 4.78 is 8.01. The minimum Gasteiger partial charge on any atom is -0.374 e. The number of aromatic nitrogens is 2. The van der Waals surface area contributed by atoms with Gasteiger partial charge in [0, 0.05) is 31.0 Å². The van der Waals surface area contributed by atoms with E-state index in [1.807, 2.05) is 12.4 Å². The van der Waals surface area contributed by atoms with Crippen LogP contribution in [-0.2, 0) is 17.8 Å². The molecule has 1 unspecified atom stereocenters. The quantitative estimate of drug-likeness (QED) is 0.886. The maximum atomic E-state index is 5.81. The first-order valence-corrected chi connectivity index (χ1v) is 6.99. The van der Waals surface area contributed by atoms with E-state index >= 15 is 0 Å². The van der Waals surface area contributed by atoms with Gasteiger partial charge in [0.2, 0.25) is 0 Å². The molecule has 1 aliphatic rings. The molecule has 0 bridgehead atoms. The van der Waals surface area contributed by atoms with Gasteiger partial charge in [0.05, 0.1) is 25.8 Å². The van der Waals surface area contributed by atoms with Crippen LogP contribution in [-0.4, -0.2) is 52.8 Å². The smallest absolute Gasteiger partial charge is 0.122 e. The molecule has 108 valence electrons. The summed E-state index contributed by atoms with van der Waals surface area (Å²) in [5.41, 5.74) is 0.109. The fourth-order valence-corrected chi connectivity index (χ4v) is 2.21. The van der Waals surface area contributed by atoms with Crippen molar-refractivity contribution in [2.24, 2.45) is 0 Å². The predicted octanol–water partition coefficient (Wildman–Crippen LogP) is 1.10. The highest BCUT2D eigenvalue weighted by molar-refractivity contribution is 4.94. The number of morpholine rings is 1. The molecule has 1 aromatic heterocycles. The Morgan fingerprint density at radius 3 is 2.95 bits per heavy atom. The first-order valence-electron chi connectivity index (χ1n) is 6.99. The fraction of sp³-hybridized carbons (Fsp3) is 0.786. The van der Waals surface area contributed by atoms with E-state index in [0.29, 0.717) is 0 Å². The van der Waals surface area contributed by atoms with Crippen molar-refractivity contribution in [1.29, 1.82) is 0 Å². The highest BCUT2D eigenvalue weighted by Gasteiger charge is 2.19. The molecule has 0 amide bonds. The molecule has 1 fully saturated rings. The summed E-state index contributed by atoms with van der Waals surface area (Å²) in [4.78, 5) is 6.75. The van der Waals surface area contributed by atoms with Gasteiger partial charge in [-0.05, 0) is 27.8 Å². The highest BCUT2D eigenvalue weighted by atomic mass is 16.5. The molecular weight excluding hydrogens is 240 g/mol. The van der Waals surface area contributed by atoms with Gasteiger partial charge in [-0.2, -0.15) is 0 Å². The van der Waals surface area contributed by atoms with E-state index in [-0.39, 0.29) is 11.6 Å². The van der Waals surface area contributed by atoms with Crippen molar-refractivity contribution in [3.63, 3.8) is 0 Å². The number of imidazole rings is 1. The summed E-state index contributed by atoms with van der Waals surface area (Å²) in [6, 6.07) is 0. The second-order valence-corrected chi connectivity index (χ2v) is 6.35. The lowest BCUT2D eigenvalue weighted by molar-refractivity contribution is -0.0278. The molecule has 1 atom stereocenters. The number of ether oxygens (including phenoxy) is 1. The lowest BCUT2D eigenvalue weighted by atomic mass is 10.1. The van der Waals surface area contributed by atoms with Crippen molar-refractivity contribution in [2.45, 2.75) is 45.5 Å². The van der Waals surface area contributed by atoms with Gasteiger partial charge < -0.3 is 19.5 Å². The molecule has 0 spiro atoms. The Morgan fingerprint density at radius 2 is 2.26 bits per heavy atom. The van der Waals surface area contributed by atoms with Gasteiger partial charge in [0.15, 0.2) is 0 Å². The van der Waals surface area contributed by atoms with Crippen LogP contribution in [0, 0.1) is 0 Å². The molecule has 1 aromatic rings. The fourth-order valence-electron chi connectivity index (χ4n) is 2.21. The number of likely N-dealkylation sites (N-methyl/N-ethyl adjacent to an activating group) is 1. The average Bonchev–Trinajstić information content (AvgIpc) is 2.73. The predicted molar refractivity (Wildman–Crippen MR) is 76.1 cm³/mol. The monoisotopic (exact) mass is 266 g/mol. The molecule has 19 heavy (non-hydrogen) atoms. The summed E-state index contributed by atoms with van der Waals surface area (Å²) in [5, 5.41) is 3.48. The number of hydrogen-bond acceptors (Lipinski definition) is 4. The van der Waals surface area contributed by atoms with Crippen LogP contribution in [0.25, 0.3) is 0 Å². The van der Waals surface area contributed by atoms with E-state index in [9.17, 15) is 0 Å². The van der Waals surface area contributed by atoms with Crippen LogP contribution in [0.5, 0.6) is 0 Å². The van der Waals surface area contributed by atoms with E-state index in [4.69, 9.17) is 4.74 Å². The second-order valence-electron chi connectivity index (χ2n) is 6.35. The van der Waals surface area contributed by atoms with Crippen LogP contribution in [0.1, 0.15) is 26.6 Å². The minimum atomic E-state index is 0.109. The number of rotatable bonds is 4. The molecule has 2 heterocycles. The molecule has 5 nitrogen and oxygen atoms in total. The molecule has 2 rings (SSSR count). The van der Waals surface area contributed by atoms with Gasteiger partial charge in [-0.15, -0.1) is 0 Å². The summed E-state index contributed by atoms with van der Waals surface area (Å²) in [5.74, 6) is 1.08. The van der Waals surface area contributed by atoms with Crippen molar-refractivity contribution in [3.8, 4) is 0 Å². The Kier molecular flexibility index (Phi) is 4.60. The normalized spacial score (nSPS) is 21.8. The van der Waals surface area contributed by atoms with Crippen LogP contribution in [0.2, 0.25) is 0 Å². The maximum Gasteiger partial charge on any atom is 0.122 e. The van der Waals surface area contributed by atoms with E-state index in [1.54, 1.807) is 0 Å². The number of nitrogens with zero attached hydrogens (tertiary/aromatic N) is 3. The maximum absolute atomic E-state index is 5.81. The van der Waals surface area contributed by atoms with Crippen LogP contribution in [0.3, 0.4) is 0 Å². The zero-order valence-electron chi connectivity index (χ0n) is 12.5. The molecule has 0 saturated carbocycles. The van der Waals surface area contributed by atoms with Crippen molar-refractivity contribution in [1.82, 2.24) is 19.8 Å². The van der Waals surface area contributed by atoms with Gasteiger partial charge in [0.25, 0.3) is 0 Å². The largest absolute Gasteiger partial charge is 0.374 e. The van der Waals surface area contributed by atoms with Crippen molar-refractivity contribution >= 4 is 0 Å². The molecule has 1 aliphatic heterocycles. The van der Waals surface area contributed by atoms with E-state index in [2.05, 4.69) is 47.6 Å². The van der Waals surface area contributed by atoms with Gasteiger partial charge in [0.1, 0.15) is 5.82 Å². The zero-order chi connectivity index (χ0) is 13.9. The molecular formula is C14H26N4O. The standard InChI is InChI=1S/C14H26N4O/c1-14(2,3)16-9-13-15-5-6-18(13)11-12-10-17(4)7-8-19-12/h5-6,12,16H,7-11H2,1-4H3. The van der Waals surface area contributed by atoms with Gasteiger partial charge in [-0.1, -0.05) is 0 Å². The summed E-state index contributed by atoms with van der Waals surface area (Å²) >= 11 is 0. The second kappa shape index (κ2) is 6.03. The number of hydrogen-bond donors (Lipinski definition) is 1. The highest BCUT2D eigenvalue weighted by Crippen LogP contribution is 2.09. The first kappa shape index (κ1) is 14.5. The third-order valence-electron chi connectivity index (χ3n) is 3.32. The Bertz CT molecular complexity index is 396. The Labute approximate surface area is 116 Å². The lowest BCUT2D eigenvalue weighted by Gasteiger charge is -2.30. The zero-order valence-corrected chi connectivity index (χ0v) is 12.5. The third kappa shape index (κ3) is 4.60. The average molecular weight is 266 g/mol. The lowest BCUT2D eigenvalue weighted by Crippen LogP contribution is -2.42. The first-order chi connectivity index (χ1) is 8.94. The van der Waals surface area contributed by atoms with E-state index < -0.39 is 0 Å². The SMILES string of the molecule is CN1CCOC(Cn2ccnc2CNC(C)(C)C)C1. The van der Waals surface area contributed by atoms with E-state index in [0.717, 1.165) is 38.6 Å². The number of nitrogens with one attached hydrogen (secondary N) is 1. The Balaban J connectivity index is 1.91. The van der Waals surface area contributed by atoms with Crippen molar-refractivity contribution < 1.29 is 4.74 Å². The van der Waals surface area contributed by atoms with Crippen molar-refractivity contribution in [2.75, 3.05) is 26.7 Å². The van der Waals surface area contributed by atoms with E-state index in [1.165, 1.54) is 0 Å². The Morgan fingerprint density at radius 1 is 1.47 bits per heavy atom. The summed E-state index contributed by atoms with van der Waals surface area (Å²) in [7, 11) is 2.14. The van der Waals surface area contributed by atoms with Gasteiger partial charge >= 0.3 is 0 Å². The van der Waals surface area contributed by atoms with Gasteiger partial charge in [-0.25, -0.2) is 4.98 Å². The van der Waals surface area contributed by atoms with Crippen LogP contribution >= 0.6 is 0 Å².